The molecule has 0 bridgehead atoms. The number of hydrogen-bond donors (Lipinski definition) is 2. The first-order valence-corrected chi connectivity index (χ1v) is 13.5. The van der Waals surface area contributed by atoms with Crippen molar-refractivity contribution in [1.29, 1.82) is 0 Å². The lowest BCUT2D eigenvalue weighted by molar-refractivity contribution is 0.650. The summed E-state index contributed by atoms with van der Waals surface area (Å²) >= 11 is 0. The number of aromatic amines is 1. The molecule has 5 nitrogen and oxygen atoms in total. The van der Waals surface area contributed by atoms with Crippen molar-refractivity contribution in [2.75, 3.05) is 16.8 Å². The third-order valence-corrected chi connectivity index (χ3v) is 6.70. The van der Waals surface area contributed by atoms with Crippen molar-refractivity contribution in [3.8, 4) is 0 Å². The smallest absolute Gasteiger partial charge is 0.201 e. The number of H-pyrrole nitrogens is 1. The van der Waals surface area contributed by atoms with Gasteiger partial charge in [0.1, 0.15) is 11.0 Å². The Morgan fingerprint density at radius 2 is 1.51 bits per heavy atom. The van der Waals surface area contributed by atoms with Crippen LogP contribution >= 0.6 is 0 Å². The Bertz CT molecular complexity index is 1400. The van der Waals surface area contributed by atoms with E-state index in [1.54, 1.807) is 0 Å². The summed E-state index contributed by atoms with van der Waals surface area (Å²) in [6.45, 7) is 9.15. The third-order valence-electron chi connectivity index (χ3n) is 6.70. The molecule has 2 heterocycles. The Balaban J connectivity index is 1.68. The first kappa shape index (κ1) is 24.8. The zero-order valence-electron chi connectivity index (χ0n) is 22.2. The lowest BCUT2D eigenvalue weighted by atomic mass is 9.98. The molecule has 0 unspecified atom stereocenters. The van der Waals surface area contributed by atoms with Crippen LogP contribution in [-0.2, 0) is 19.5 Å². The highest BCUT2D eigenvalue weighted by Gasteiger charge is 2.21. The molecule has 0 spiro atoms. The number of nitrogens with zero attached hydrogens (tertiary/aromatic N) is 3. The molecule has 5 rings (SSSR count). The van der Waals surface area contributed by atoms with E-state index < -0.39 is 0 Å². The van der Waals surface area contributed by atoms with Gasteiger partial charge in [-0.25, -0.2) is 9.97 Å². The number of benzene rings is 3. The molecule has 3 aromatic carbocycles. The van der Waals surface area contributed by atoms with E-state index >= 15 is 0 Å². The van der Waals surface area contributed by atoms with Gasteiger partial charge in [0.2, 0.25) is 5.95 Å². The maximum atomic E-state index is 5.30. The van der Waals surface area contributed by atoms with Crippen LogP contribution in [0.5, 0.6) is 0 Å². The van der Waals surface area contributed by atoms with Crippen molar-refractivity contribution in [2.45, 2.75) is 53.1 Å². The van der Waals surface area contributed by atoms with E-state index in [9.17, 15) is 0 Å². The average Bonchev–Trinajstić information content (AvgIpc) is 3.33. The SMILES string of the molecule is CCCCNc1nc2c([nH]1)c(N(Cc1ccccc1)Cc1ccccc1)nc1cccc(CC(C)C)c12. The second-order valence-corrected chi connectivity index (χ2v) is 10.3. The Hall–Kier alpha value is -3.86. The Labute approximate surface area is 220 Å². The van der Waals surface area contributed by atoms with Crippen LogP contribution in [0.1, 0.15) is 50.3 Å². The summed E-state index contributed by atoms with van der Waals surface area (Å²) in [5, 5.41) is 4.67. The number of imidazole rings is 1. The van der Waals surface area contributed by atoms with Crippen molar-refractivity contribution in [3.63, 3.8) is 0 Å². The number of unbranched alkanes of at least 4 members (excludes halogenated alkanes) is 1. The molecule has 5 aromatic rings. The standard InChI is InChI=1S/C32H37N5/c1-4-5-19-33-32-35-29-28-26(20-23(2)3)17-12-18-27(28)34-31(30(29)36-32)37(21-24-13-8-6-9-14-24)22-25-15-10-7-11-16-25/h6-18,23H,4-5,19-22H2,1-3H3,(H2,33,35,36). The predicted molar refractivity (Wildman–Crippen MR) is 156 cm³/mol. The van der Waals surface area contributed by atoms with Crippen LogP contribution in [0.3, 0.4) is 0 Å². The fourth-order valence-electron chi connectivity index (χ4n) is 4.96. The highest BCUT2D eigenvalue weighted by atomic mass is 15.2. The van der Waals surface area contributed by atoms with Gasteiger partial charge in [-0.3, -0.25) is 0 Å². The largest absolute Gasteiger partial charge is 0.356 e. The van der Waals surface area contributed by atoms with Crippen LogP contribution < -0.4 is 10.2 Å². The van der Waals surface area contributed by atoms with E-state index in [1.807, 2.05) is 0 Å². The minimum Gasteiger partial charge on any atom is -0.356 e. The average molecular weight is 492 g/mol. The number of nitrogens with one attached hydrogen (secondary N) is 2. The third kappa shape index (κ3) is 5.77. The van der Waals surface area contributed by atoms with E-state index in [-0.39, 0.29) is 0 Å². The van der Waals surface area contributed by atoms with Gasteiger partial charge in [-0.1, -0.05) is 100.0 Å². The summed E-state index contributed by atoms with van der Waals surface area (Å²) in [6.07, 6.45) is 3.25. The Kier molecular flexibility index (Phi) is 7.69. The first-order chi connectivity index (χ1) is 18.1. The summed E-state index contributed by atoms with van der Waals surface area (Å²) in [5.74, 6) is 2.31. The van der Waals surface area contributed by atoms with Crippen molar-refractivity contribution in [1.82, 2.24) is 15.0 Å². The minimum atomic E-state index is 0.550. The van der Waals surface area contributed by atoms with E-state index in [0.717, 1.165) is 72.6 Å². The van der Waals surface area contributed by atoms with Gasteiger partial charge in [-0.2, -0.15) is 0 Å². The lowest BCUT2D eigenvalue weighted by Gasteiger charge is -2.25. The zero-order valence-corrected chi connectivity index (χ0v) is 22.2. The van der Waals surface area contributed by atoms with Gasteiger partial charge in [0.25, 0.3) is 0 Å². The van der Waals surface area contributed by atoms with Gasteiger partial charge >= 0.3 is 0 Å². The van der Waals surface area contributed by atoms with Crippen LogP contribution in [0.4, 0.5) is 11.8 Å². The topological polar surface area (TPSA) is 56.8 Å². The molecule has 0 aliphatic rings. The molecule has 0 saturated carbocycles. The number of rotatable bonds is 11. The van der Waals surface area contributed by atoms with Gasteiger partial charge in [-0.15, -0.1) is 0 Å². The molecule has 5 heteroatoms. The van der Waals surface area contributed by atoms with E-state index in [1.165, 1.54) is 16.7 Å². The van der Waals surface area contributed by atoms with Crippen molar-refractivity contribution < 1.29 is 0 Å². The molecule has 190 valence electrons. The fraction of sp³-hybridized carbons (Fsp3) is 0.312. The second-order valence-electron chi connectivity index (χ2n) is 10.3. The van der Waals surface area contributed by atoms with Gasteiger partial charge in [0.15, 0.2) is 5.82 Å². The molecule has 0 saturated heterocycles. The van der Waals surface area contributed by atoms with E-state index in [4.69, 9.17) is 9.97 Å². The summed E-state index contributed by atoms with van der Waals surface area (Å²) in [5.41, 5.74) is 6.81. The maximum Gasteiger partial charge on any atom is 0.201 e. The minimum absolute atomic E-state index is 0.550. The number of fused-ring (bicyclic) bond motifs is 3. The van der Waals surface area contributed by atoms with Gasteiger partial charge in [-0.05, 0) is 41.5 Å². The maximum absolute atomic E-state index is 5.30. The molecule has 0 aliphatic carbocycles. The van der Waals surface area contributed by atoms with Crippen LogP contribution in [0.15, 0.2) is 78.9 Å². The van der Waals surface area contributed by atoms with Crippen molar-refractivity contribution >= 4 is 33.7 Å². The molecule has 0 radical (unpaired) electrons. The number of pyridine rings is 1. The molecule has 0 atom stereocenters. The fourth-order valence-corrected chi connectivity index (χ4v) is 4.96. The highest BCUT2D eigenvalue weighted by Crippen LogP contribution is 2.35. The normalized spacial score (nSPS) is 11.5. The molecule has 2 aromatic heterocycles. The number of hydrogen-bond acceptors (Lipinski definition) is 4. The van der Waals surface area contributed by atoms with E-state index in [0.29, 0.717) is 5.92 Å². The van der Waals surface area contributed by atoms with E-state index in [2.05, 4.69) is 115 Å². The molecule has 0 amide bonds. The quantitative estimate of drug-likeness (QED) is 0.186. The van der Waals surface area contributed by atoms with Crippen molar-refractivity contribution in [2.24, 2.45) is 5.92 Å². The van der Waals surface area contributed by atoms with Crippen LogP contribution in [-0.4, -0.2) is 21.5 Å². The highest BCUT2D eigenvalue weighted by molar-refractivity contribution is 6.09. The van der Waals surface area contributed by atoms with Gasteiger partial charge in [0, 0.05) is 25.0 Å². The van der Waals surface area contributed by atoms with Crippen LogP contribution in [0, 0.1) is 5.92 Å². The monoisotopic (exact) mass is 491 g/mol. The number of aromatic nitrogens is 3. The summed E-state index contributed by atoms with van der Waals surface area (Å²) < 4.78 is 0. The number of anilines is 2. The molecular formula is C32H37N5. The predicted octanol–water partition coefficient (Wildman–Crippen LogP) is 7.73. The van der Waals surface area contributed by atoms with Gasteiger partial charge < -0.3 is 15.2 Å². The lowest BCUT2D eigenvalue weighted by Crippen LogP contribution is -2.23. The molecular weight excluding hydrogens is 454 g/mol. The Morgan fingerprint density at radius 1 is 0.838 bits per heavy atom. The zero-order chi connectivity index (χ0) is 25.6. The van der Waals surface area contributed by atoms with Gasteiger partial charge in [0.05, 0.1) is 5.52 Å². The first-order valence-electron chi connectivity index (χ1n) is 13.5. The molecule has 2 N–H and O–H groups in total. The van der Waals surface area contributed by atoms with Crippen molar-refractivity contribution in [3.05, 3.63) is 95.6 Å². The summed E-state index contributed by atoms with van der Waals surface area (Å²) in [4.78, 5) is 16.4. The second kappa shape index (κ2) is 11.5. The van der Waals surface area contributed by atoms with Crippen LogP contribution in [0.2, 0.25) is 0 Å². The molecule has 0 aliphatic heterocycles. The summed E-state index contributed by atoms with van der Waals surface area (Å²) in [7, 11) is 0. The molecule has 0 fully saturated rings. The summed E-state index contributed by atoms with van der Waals surface area (Å²) in [6, 6.07) is 27.8. The molecule has 37 heavy (non-hydrogen) atoms. The van der Waals surface area contributed by atoms with Crippen LogP contribution in [0.25, 0.3) is 21.9 Å². The Morgan fingerprint density at radius 3 is 2.14 bits per heavy atom.